The molecule has 6 heteroatoms. The van der Waals surface area contributed by atoms with Crippen LogP contribution in [0.15, 0.2) is 53.5 Å². The summed E-state index contributed by atoms with van der Waals surface area (Å²) in [4.78, 5) is 11.6. The zero-order valence-corrected chi connectivity index (χ0v) is 12.3. The number of amides is 1. The maximum Gasteiger partial charge on any atom is 0.244 e. The lowest BCUT2D eigenvalue weighted by Crippen LogP contribution is -2.21. The molecule has 0 aliphatic heterocycles. The molecule has 20 heavy (non-hydrogen) atoms. The van der Waals surface area contributed by atoms with E-state index in [2.05, 4.69) is 10.0 Å². The Labute approximate surface area is 119 Å². The number of sulfonamides is 1. The van der Waals surface area contributed by atoms with Crippen LogP contribution in [0, 0.1) is 0 Å². The average molecular weight is 294 g/mol. The molecule has 0 aliphatic carbocycles. The molecule has 1 rings (SSSR count). The summed E-state index contributed by atoms with van der Waals surface area (Å²) < 4.78 is 25.3. The topological polar surface area (TPSA) is 75.3 Å². The van der Waals surface area contributed by atoms with Gasteiger partial charge in [-0.15, -0.1) is 0 Å². The quantitative estimate of drug-likeness (QED) is 0.614. The molecule has 1 aromatic rings. The molecule has 2 N–H and O–H groups in total. The zero-order valence-electron chi connectivity index (χ0n) is 11.5. The summed E-state index contributed by atoms with van der Waals surface area (Å²) in [6.45, 7) is 2.21. The molecule has 1 aromatic carbocycles. The van der Waals surface area contributed by atoms with Crippen molar-refractivity contribution in [2.75, 3.05) is 7.05 Å². The second kappa shape index (κ2) is 7.62. The lowest BCUT2D eigenvalue weighted by atomic mass is 10.2. The van der Waals surface area contributed by atoms with Gasteiger partial charge in [0.1, 0.15) is 0 Å². The standard InChI is InChI=1S/C14H18N2O3S/c1-3-4-5-6-14(17)16-11-12-7-9-13(10-8-12)20(18,19)15-2/h3-10,15H,11H2,1-2H3,(H,16,17). The number of carbonyl (C=O) groups is 1. The minimum absolute atomic E-state index is 0.197. The van der Waals surface area contributed by atoms with E-state index in [0.29, 0.717) is 6.54 Å². The predicted molar refractivity (Wildman–Crippen MR) is 78.5 cm³/mol. The van der Waals surface area contributed by atoms with E-state index in [1.807, 2.05) is 13.0 Å². The molecular formula is C14H18N2O3S. The molecule has 108 valence electrons. The summed E-state index contributed by atoms with van der Waals surface area (Å²) in [6.07, 6.45) is 6.67. The van der Waals surface area contributed by atoms with Crippen molar-refractivity contribution in [3.8, 4) is 0 Å². The van der Waals surface area contributed by atoms with Crippen molar-refractivity contribution >= 4 is 15.9 Å². The van der Waals surface area contributed by atoms with Gasteiger partial charge in [-0.1, -0.05) is 30.4 Å². The monoisotopic (exact) mass is 294 g/mol. The SMILES string of the molecule is CC=CC=CC(=O)NCc1ccc(S(=O)(=O)NC)cc1. The Morgan fingerprint density at radius 3 is 2.40 bits per heavy atom. The number of hydrogen-bond donors (Lipinski definition) is 2. The van der Waals surface area contributed by atoms with Gasteiger partial charge in [0.05, 0.1) is 4.90 Å². The number of hydrogen-bond acceptors (Lipinski definition) is 3. The van der Waals surface area contributed by atoms with Crippen LogP contribution in [-0.4, -0.2) is 21.4 Å². The van der Waals surface area contributed by atoms with Crippen LogP contribution in [0.5, 0.6) is 0 Å². The van der Waals surface area contributed by atoms with Gasteiger partial charge in [0.15, 0.2) is 0 Å². The largest absolute Gasteiger partial charge is 0.348 e. The van der Waals surface area contributed by atoms with Gasteiger partial charge in [0.25, 0.3) is 0 Å². The lowest BCUT2D eigenvalue weighted by Gasteiger charge is -2.05. The van der Waals surface area contributed by atoms with Gasteiger partial charge in [-0.05, 0) is 31.7 Å². The van der Waals surface area contributed by atoms with Gasteiger partial charge in [-0.25, -0.2) is 13.1 Å². The third-order valence-corrected chi connectivity index (χ3v) is 3.95. The fourth-order valence-corrected chi connectivity index (χ4v) is 2.14. The van der Waals surface area contributed by atoms with Crippen LogP contribution in [0.25, 0.3) is 0 Å². The van der Waals surface area contributed by atoms with Gasteiger partial charge in [-0.2, -0.15) is 0 Å². The summed E-state index contributed by atoms with van der Waals surface area (Å²) in [5.74, 6) is -0.199. The van der Waals surface area contributed by atoms with Crippen LogP contribution < -0.4 is 10.0 Å². The summed E-state index contributed by atoms with van der Waals surface area (Å²) in [5.41, 5.74) is 0.827. The van der Waals surface area contributed by atoms with Crippen molar-refractivity contribution in [1.82, 2.24) is 10.0 Å². The molecule has 1 amide bonds. The van der Waals surface area contributed by atoms with E-state index in [0.717, 1.165) is 5.56 Å². The fraction of sp³-hybridized carbons (Fsp3) is 0.214. The Balaban J connectivity index is 2.61. The van der Waals surface area contributed by atoms with E-state index in [4.69, 9.17) is 0 Å². The van der Waals surface area contributed by atoms with E-state index in [1.165, 1.54) is 25.3 Å². The highest BCUT2D eigenvalue weighted by molar-refractivity contribution is 7.89. The molecule has 0 saturated carbocycles. The maximum absolute atomic E-state index is 11.5. The number of allylic oxidation sites excluding steroid dienone is 3. The molecule has 0 fully saturated rings. The maximum atomic E-state index is 11.5. The van der Waals surface area contributed by atoms with Gasteiger partial charge in [0, 0.05) is 12.6 Å². The van der Waals surface area contributed by atoms with Crippen molar-refractivity contribution in [3.05, 3.63) is 54.1 Å². The predicted octanol–water partition coefficient (Wildman–Crippen LogP) is 1.34. The molecule has 0 unspecified atom stereocenters. The second-order valence-corrected chi connectivity index (χ2v) is 5.84. The Morgan fingerprint density at radius 1 is 1.20 bits per heavy atom. The van der Waals surface area contributed by atoms with E-state index >= 15 is 0 Å². The van der Waals surface area contributed by atoms with E-state index < -0.39 is 10.0 Å². The Kier molecular flexibility index (Phi) is 6.14. The molecule has 0 heterocycles. The molecule has 0 radical (unpaired) electrons. The first-order valence-corrected chi connectivity index (χ1v) is 7.57. The number of rotatable bonds is 6. The van der Waals surface area contributed by atoms with Gasteiger partial charge >= 0.3 is 0 Å². The van der Waals surface area contributed by atoms with Crippen LogP contribution in [-0.2, 0) is 21.4 Å². The van der Waals surface area contributed by atoms with Crippen LogP contribution in [0.1, 0.15) is 12.5 Å². The van der Waals surface area contributed by atoms with E-state index in [9.17, 15) is 13.2 Å². The average Bonchev–Trinajstić information content (AvgIpc) is 2.46. The molecule has 5 nitrogen and oxygen atoms in total. The molecule has 0 aromatic heterocycles. The van der Waals surface area contributed by atoms with Crippen molar-refractivity contribution in [3.63, 3.8) is 0 Å². The smallest absolute Gasteiger partial charge is 0.244 e. The second-order valence-electron chi connectivity index (χ2n) is 3.95. The van der Waals surface area contributed by atoms with E-state index in [-0.39, 0.29) is 10.8 Å². The third kappa shape index (κ3) is 4.99. The molecule has 0 atom stereocenters. The first-order valence-electron chi connectivity index (χ1n) is 6.09. The Hall–Kier alpha value is -1.92. The summed E-state index contributed by atoms with van der Waals surface area (Å²) in [6, 6.07) is 6.34. The molecule has 0 aliphatic rings. The van der Waals surface area contributed by atoms with Crippen LogP contribution in [0.2, 0.25) is 0 Å². The van der Waals surface area contributed by atoms with Gasteiger partial charge in [-0.3, -0.25) is 4.79 Å². The van der Waals surface area contributed by atoms with Crippen molar-refractivity contribution in [2.24, 2.45) is 0 Å². The normalized spacial score (nSPS) is 12.1. The van der Waals surface area contributed by atoms with Crippen molar-refractivity contribution in [1.29, 1.82) is 0 Å². The molecular weight excluding hydrogens is 276 g/mol. The summed E-state index contributed by atoms with van der Waals surface area (Å²) in [7, 11) is -2.06. The highest BCUT2D eigenvalue weighted by Crippen LogP contribution is 2.09. The third-order valence-electron chi connectivity index (χ3n) is 2.52. The first-order chi connectivity index (χ1) is 9.49. The highest BCUT2D eigenvalue weighted by Gasteiger charge is 2.10. The zero-order chi connectivity index (χ0) is 15.0. The molecule has 0 saturated heterocycles. The summed E-state index contributed by atoms with van der Waals surface area (Å²) in [5, 5.41) is 2.71. The Morgan fingerprint density at radius 2 is 1.85 bits per heavy atom. The highest BCUT2D eigenvalue weighted by atomic mass is 32.2. The Bertz CT molecular complexity index is 602. The minimum atomic E-state index is -3.42. The van der Waals surface area contributed by atoms with Crippen molar-refractivity contribution < 1.29 is 13.2 Å². The lowest BCUT2D eigenvalue weighted by molar-refractivity contribution is -0.116. The van der Waals surface area contributed by atoms with Crippen LogP contribution in [0.4, 0.5) is 0 Å². The van der Waals surface area contributed by atoms with Crippen LogP contribution in [0.3, 0.4) is 0 Å². The summed E-state index contributed by atoms with van der Waals surface area (Å²) >= 11 is 0. The molecule has 0 spiro atoms. The number of benzene rings is 1. The minimum Gasteiger partial charge on any atom is -0.348 e. The van der Waals surface area contributed by atoms with Crippen molar-refractivity contribution in [2.45, 2.75) is 18.4 Å². The number of nitrogens with one attached hydrogen (secondary N) is 2. The van der Waals surface area contributed by atoms with E-state index in [1.54, 1.807) is 24.3 Å². The van der Waals surface area contributed by atoms with Gasteiger partial charge in [0.2, 0.25) is 15.9 Å². The van der Waals surface area contributed by atoms with Gasteiger partial charge < -0.3 is 5.32 Å². The first kappa shape index (κ1) is 16.1. The fourth-order valence-electron chi connectivity index (χ4n) is 1.41. The number of carbonyl (C=O) groups excluding carboxylic acids is 1. The van der Waals surface area contributed by atoms with Crippen LogP contribution >= 0.6 is 0 Å². The molecule has 0 bridgehead atoms.